The van der Waals surface area contributed by atoms with Gasteiger partial charge in [-0.05, 0) is 48.2 Å². The summed E-state index contributed by atoms with van der Waals surface area (Å²) in [6.45, 7) is 2.19. The fourth-order valence-electron chi connectivity index (χ4n) is 3.25. The van der Waals surface area contributed by atoms with Crippen LogP contribution in [-0.4, -0.2) is 38.8 Å². The average molecular weight is 411 g/mol. The summed E-state index contributed by atoms with van der Waals surface area (Å²) >= 11 is 0. The van der Waals surface area contributed by atoms with Gasteiger partial charge in [0.15, 0.2) is 0 Å². The Balaban J connectivity index is 1.50. The molecule has 29 heavy (non-hydrogen) atoms. The molecule has 0 aliphatic carbocycles. The van der Waals surface area contributed by atoms with E-state index in [1.807, 2.05) is 25.1 Å². The Kier molecular flexibility index (Phi) is 6.67. The van der Waals surface area contributed by atoms with Crippen molar-refractivity contribution in [3.8, 4) is 0 Å². The van der Waals surface area contributed by atoms with E-state index in [-0.39, 0.29) is 17.3 Å². The van der Waals surface area contributed by atoms with Gasteiger partial charge >= 0.3 is 0 Å². The summed E-state index contributed by atoms with van der Waals surface area (Å²) in [5.74, 6) is -0.305. The zero-order valence-electron chi connectivity index (χ0n) is 16.8. The zero-order chi connectivity index (χ0) is 20.9. The lowest BCUT2D eigenvalue weighted by Crippen LogP contribution is -2.38. The number of carbonyl (C=O) groups excluding carboxylic acids is 1. The van der Waals surface area contributed by atoms with E-state index in [1.165, 1.54) is 23.4 Å². The summed E-state index contributed by atoms with van der Waals surface area (Å²) in [6.07, 6.45) is 1.63. The lowest BCUT2D eigenvalue weighted by molar-refractivity contribution is -0.121. The van der Waals surface area contributed by atoms with E-state index in [0.717, 1.165) is 22.7 Å². The van der Waals surface area contributed by atoms with Gasteiger partial charge in [-0.2, -0.15) is 4.31 Å². The van der Waals surface area contributed by atoms with Gasteiger partial charge in [-0.1, -0.05) is 60.2 Å². The van der Waals surface area contributed by atoms with Crippen LogP contribution in [0.5, 0.6) is 0 Å². The van der Waals surface area contributed by atoms with Crippen LogP contribution in [0, 0.1) is 6.92 Å². The van der Waals surface area contributed by atoms with Crippen molar-refractivity contribution >= 4 is 26.7 Å². The number of rotatable bonds is 8. The highest BCUT2D eigenvalue weighted by atomic mass is 32.2. The van der Waals surface area contributed by atoms with Crippen LogP contribution in [0.3, 0.4) is 0 Å². The van der Waals surface area contributed by atoms with Crippen molar-refractivity contribution < 1.29 is 13.2 Å². The van der Waals surface area contributed by atoms with Crippen LogP contribution in [0.25, 0.3) is 10.8 Å². The lowest BCUT2D eigenvalue weighted by Gasteiger charge is -2.17. The average Bonchev–Trinajstić information content (AvgIpc) is 2.71. The molecule has 6 heteroatoms. The second-order valence-corrected chi connectivity index (χ2v) is 9.21. The van der Waals surface area contributed by atoms with Gasteiger partial charge in [0, 0.05) is 13.6 Å². The molecule has 0 heterocycles. The third-order valence-electron chi connectivity index (χ3n) is 4.92. The van der Waals surface area contributed by atoms with E-state index in [1.54, 1.807) is 24.3 Å². The fourth-order valence-corrected chi connectivity index (χ4v) is 4.38. The van der Waals surface area contributed by atoms with E-state index < -0.39 is 10.0 Å². The molecule has 152 valence electrons. The van der Waals surface area contributed by atoms with Crippen LogP contribution in [0.2, 0.25) is 0 Å². The molecule has 3 aromatic rings. The summed E-state index contributed by atoms with van der Waals surface area (Å²) in [4.78, 5) is 12.4. The molecule has 0 bridgehead atoms. The number of nitrogens with zero attached hydrogens (tertiary/aromatic N) is 1. The SMILES string of the molecule is Cc1ccc(S(=O)(=O)N(C)CC(=O)NCCCc2cccc3ccccc23)cc1. The number of benzene rings is 3. The maximum absolute atomic E-state index is 12.6. The van der Waals surface area contributed by atoms with E-state index in [2.05, 4.69) is 29.6 Å². The van der Waals surface area contributed by atoms with Crippen LogP contribution < -0.4 is 5.32 Å². The van der Waals surface area contributed by atoms with E-state index in [9.17, 15) is 13.2 Å². The Bertz CT molecular complexity index is 1090. The van der Waals surface area contributed by atoms with Gasteiger partial charge in [-0.3, -0.25) is 4.79 Å². The summed E-state index contributed by atoms with van der Waals surface area (Å²) in [6, 6.07) is 21.1. The van der Waals surface area contributed by atoms with Crippen LogP contribution in [0.4, 0.5) is 0 Å². The molecule has 5 nitrogen and oxygen atoms in total. The standard InChI is InChI=1S/C23H26N2O3S/c1-18-12-14-21(15-13-18)29(27,28)25(2)17-23(26)24-16-6-10-20-9-5-8-19-7-3-4-11-22(19)20/h3-5,7-9,11-15H,6,10,16-17H2,1-2H3,(H,24,26). The van der Waals surface area contributed by atoms with Gasteiger partial charge in [-0.25, -0.2) is 8.42 Å². The number of amides is 1. The van der Waals surface area contributed by atoms with Crippen LogP contribution in [-0.2, 0) is 21.2 Å². The number of sulfonamides is 1. The van der Waals surface area contributed by atoms with Gasteiger partial charge in [0.25, 0.3) is 0 Å². The Labute approximate surface area is 172 Å². The molecule has 0 unspecified atom stereocenters. The Morgan fingerprint density at radius 1 is 0.966 bits per heavy atom. The predicted octanol–water partition coefficient (Wildman–Crippen LogP) is 3.52. The second-order valence-electron chi connectivity index (χ2n) is 7.17. The molecular formula is C23H26N2O3S. The van der Waals surface area contributed by atoms with Crippen molar-refractivity contribution in [2.45, 2.75) is 24.7 Å². The maximum Gasteiger partial charge on any atom is 0.243 e. The first kappa shape index (κ1) is 21.0. The molecule has 0 spiro atoms. The number of fused-ring (bicyclic) bond motifs is 1. The molecule has 0 aliphatic heterocycles. The molecule has 1 amide bonds. The minimum absolute atomic E-state index is 0.189. The molecule has 3 rings (SSSR count). The number of hydrogen-bond donors (Lipinski definition) is 1. The maximum atomic E-state index is 12.6. The Hall–Kier alpha value is -2.70. The highest BCUT2D eigenvalue weighted by Gasteiger charge is 2.22. The van der Waals surface area contributed by atoms with Crippen molar-refractivity contribution in [3.05, 3.63) is 77.9 Å². The fraction of sp³-hybridized carbons (Fsp3) is 0.261. The quantitative estimate of drug-likeness (QED) is 0.578. The van der Waals surface area contributed by atoms with E-state index in [4.69, 9.17) is 0 Å². The second kappa shape index (κ2) is 9.20. The van der Waals surface area contributed by atoms with Crippen LogP contribution in [0.1, 0.15) is 17.5 Å². The van der Waals surface area contributed by atoms with Crippen LogP contribution >= 0.6 is 0 Å². The highest BCUT2D eigenvalue weighted by molar-refractivity contribution is 7.89. The predicted molar refractivity (Wildman–Crippen MR) is 116 cm³/mol. The summed E-state index contributed by atoms with van der Waals surface area (Å²) in [5.41, 5.74) is 2.23. The van der Waals surface area contributed by atoms with Crippen molar-refractivity contribution in [1.82, 2.24) is 9.62 Å². The van der Waals surface area contributed by atoms with Crippen molar-refractivity contribution in [2.75, 3.05) is 20.1 Å². The summed E-state index contributed by atoms with van der Waals surface area (Å²) < 4.78 is 26.2. The highest BCUT2D eigenvalue weighted by Crippen LogP contribution is 2.19. The molecule has 0 aromatic heterocycles. The largest absolute Gasteiger partial charge is 0.355 e. The minimum Gasteiger partial charge on any atom is -0.355 e. The molecule has 0 atom stereocenters. The van der Waals surface area contributed by atoms with E-state index >= 15 is 0 Å². The third-order valence-corrected chi connectivity index (χ3v) is 6.74. The normalized spacial score (nSPS) is 11.7. The van der Waals surface area contributed by atoms with Crippen molar-refractivity contribution in [2.24, 2.45) is 0 Å². The summed E-state index contributed by atoms with van der Waals surface area (Å²) in [7, 11) is -2.25. The third kappa shape index (κ3) is 5.22. The van der Waals surface area contributed by atoms with Gasteiger partial charge in [0.2, 0.25) is 15.9 Å². The van der Waals surface area contributed by atoms with Gasteiger partial charge in [0.1, 0.15) is 0 Å². The van der Waals surface area contributed by atoms with E-state index in [0.29, 0.717) is 6.54 Å². The van der Waals surface area contributed by atoms with Gasteiger partial charge in [0.05, 0.1) is 11.4 Å². The molecule has 0 saturated heterocycles. The first-order valence-electron chi connectivity index (χ1n) is 9.64. The smallest absolute Gasteiger partial charge is 0.243 e. The molecule has 1 N–H and O–H groups in total. The zero-order valence-corrected chi connectivity index (χ0v) is 17.6. The molecule has 0 fully saturated rings. The van der Waals surface area contributed by atoms with Crippen molar-refractivity contribution in [3.63, 3.8) is 0 Å². The molecule has 0 aliphatic rings. The molecule has 0 saturated carbocycles. The molecule has 0 radical (unpaired) electrons. The molecule has 3 aromatic carbocycles. The number of nitrogens with one attached hydrogen (secondary N) is 1. The first-order valence-corrected chi connectivity index (χ1v) is 11.1. The van der Waals surface area contributed by atoms with Gasteiger partial charge in [-0.15, -0.1) is 0 Å². The number of hydrogen-bond acceptors (Lipinski definition) is 3. The first-order chi connectivity index (χ1) is 13.9. The number of carbonyl (C=O) groups is 1. The Morgan fingerprint density at radius 3 is 2.41 bits per heavy atom. The van der Waals surface area contributed by atoms with Crippen molar-refractivity contribution in [1.29, 1.82) is 0 Å². The number of likely N-dealkylation sites (N-methyl/N-ethyl adjacent to an activating group) is 1. The lowest BCUT2D eigenvalue weighted by atomic mass is 10.0. The van der Waals surface area contributed by atoms with Gasteiger partial charge < -0.3 is 5.32 Å². The molecular weight excluding hydrogens is 384 g/mol. The minimum atomic E-state index is -3.68. The monoisotopic (exact) mass is 410 g/mol. The summed E-state index contributed by atoms with van der Waals surface area (Å²) in [5, 5.41) is 5.25. The van der Waals surface area contributed by atoms with Crippen LogP contribution in [0.15, 0.2) is 71.6 Å². The Morgan fingerprint density at radius 2 is 1.66 bits per heavy atom. The number of aryl methyl sites for hydroxylation is 2. The topological polar surface area (TPSA) is 66.5 Å².